The predicted molar refractivity (Wildman–Crippen MR) is 98.9 cm³/mol. The van der Waals surface area contributed by atoms with E-state index in [2.05, 4.69) is 9.88 Å². The second-order valence-electron chi connectivity index (χ2n) is 6.55. The minimum Gasteiger partial charge on any atom is -0.480 e. The lowest BCUT2D eigenvalue weighted by Gasteiger charge is -2.38. The molecule has 134 valence electrons. The van der Waals surface area contributed by atoms with Crippen LogP contribution >= 0.6 is 0 Å². The Morgan fingerprint density at radius 2 is 1.73 bits per heavy atom. The number of halogens is 1. The molecule has 26 heavy (non-hydrogen) atoms. The molecule has 3 aromatic rings. The molecule has 5 nitrogen and oxygen atoms in total. The maximum absolute atomic E-state index is 13.1. The van der Waals surface area contributed by atoms with Crippen LogP contribution in [0, 0.1) is 5.82 Å². The van der Waals surface area contributed by atoms with Gasteiger partial charge in [0.25, 0.3) is 0 Å². The number of nitrogens with one attached hydrogen (secondary N) is 1. The molecule has 2 aromatic carbocycles. The highest BCUT2D eigenvalue weighted by atomic mass is 19.1. The first-order valence-electron chi connectivity index (χ1n) is 8.67. The number of carbonyl (C=O) groups is 1. The third kappa shape index (κ3) is 3.15. The van der Waals surface area contributed by atoms with Crippen LogP contribution in [0.1, 0.15) is 11.7 Å². The highest BCUT2D eigenvalue weighted by molar-refractivity contribution is 5.83. The van der Waals surface area contributed by atoms with Gasteiger partial charge >= 0.3 is 5.97 Å². The summed E-state index contributed by atoms with van der Waals surface area (Å²) in [5.41, 5.74) is 2.61. The summed E-state index contributed by atoms with van der Waals surface area (Å²) in [7, 11) is 0. The van der Waals surface area contributed by atoms with E-state index in [4.69, 9.17) is 0 Å². The Balaban J connectivity index is 1.52. The molecule has 1 aliphatic rings. The fraction of sp³-hybridized carbons (Fsp3) is 0.250. The molecule has 2 N–H and O–H groups in total. The number of piperazine rings is 1. The van der Waals surface area contributed by atoms with E-state index in [1.54, 1.807) is 12.1 Å². The van der Waals surface area contributed by atoms with Gasteiger partial charge in [-0.05, 0) is 41.8 Å². The van der Waals surface area contributed by atoms with Gasteiger partial charge in [0, 0.05) is 43.1 Å². The van der Waals surface area contributed by atoms with Crippen molar-refractivity contribution < 1.29 is 14.3 Å². The number of aromatic amines is 1. The van der Waals surface area contributed by atoms with E-state index >= 15 is 0 Å². The molecule has 1 aromatic heterocycles. The number of rotatable bonds is 4. The smallest absolute Gasteiger partial charge is 0.327 e. The normalized spacial score (nSPS) is 16.7. The van der Waals surface area contributed by atoms with Crippen molar-refractivity contribution in [3.63, 3.8) is 0 Å². The Bertz CT molecular complexity index is 881. The largest absolute Gasteiger partial charge is 0.480 e. The summed E-state index contributed by atoms with van der Waals surface area (Å²) in [6.45, 7) is 2.67. The van der Waals surface area contributed by atoms with Crippen LogP contribution in [0.25, 0.3) is 10.9 Å². The fourth-order valence-electron chi connectivity index (χ4n) is 3.62. The summed E-state index contributed by atoms with van der Waals surface area (Å²) in [5.74, 6) is -1.11. The number of fused-ring (bicyclic) bond motifs is 1. The van der Waals surface area contributed by atoms with Crippen molar-refractivity contribution in [2.45, 2.75) is 6.04 Å². The Hall–Kier alpha value is -2.86. The van der Waals surface area contributed by atoms with E-state index < -0.39 is 12.0 Å². The van der Waals surface area contributed by atoms with Crippen LogP contribution in [0.15, 0.2) is 54.6 Å². The van der Waals surface area contributed by atoms with Crippen LogP contribution in [0.4, 0.5) is 10.1 Å². The minimum atomic E-state index is -0.855. The molecule has 0 unspecified atom stereocenters. The SMILES string of the molecule is O=C(O)[C@H](c1cc2ccccc2[nH]1)N1CCN(c2ccc(F)cc2)CC1. The first kappa shape index (κ1) is 16.6. The summed E-state index contributed by atoms with van der Waals surface area (Å²) >= 11 is 0. The first-order valence-corrected chi connectivity index (χ1v) is 8.67. The Kier molecular flexibility index (Phi) is 4.34. The number of hydrogen-bond acceptors (Lipinski definition) is 3. The number of aromatic nitrogens is 1. The number of carboxylic acid groups (broad SMARTS) is 1. The Morgan fingerprint density at radius 3 is 2.38 bits per heavy atom. The average Bonchev–Trinajstić information content (AvgIpc) is 3.06. The van der Waals surface area contributed by atoms with Gasteiger partial charge in [-0.15, -0.1) is 0 Å². The fourth-order valence-corrected chi connectivity index (χ4v) is 3.62. The number of para-hydroxylation sites is 1. The minimum absolute atomic E-state index is 0.253. The number of anilines is 1. The van der Waals surface area contributed by atoms with Gasteiger partial charge in [0.15, 0.2) is 0 Å². The van der Waals surface area contributed by atoms with E-state index in [1.165, 1.54) is 12.1 Å². The van der Waals surface area contributed by atoms with Crippen LogP contribution in [0.5, 0.6) is 0 Å². The van der Waals surface area contributed by atoms with Gasteiger partial charge in [-0.25, -0.2) is 4.39 Å². The molecule has 0 saturated carbocycles. The van der Waals surface area contributed by atoms with Crippen LogP contribution in [0.2, 0.25) is 0 Å². The number of H-pyrrole nitrogens is 1. The van der Waals surface area contributed by atoms with Crippen molar-refractivity contribution in [1.82, 2.24) is 9.88 Å². The van der Waals surface area contributed by atoms with Crippen molar-refractivity contribution in [3.8, 4) is 0 Å². The van der Waals surface area contributed by atoms with Gasteiger partial charge in [-0.3, -0.25) is 9.69 Å². The number of aliphatic carboxylic acids is 1. The lowest BCUT2D eigenvalue weighted by atomic mass is 10.1. The molecule has 0 spiro atoms. The third-order valence-electron chi connectivity index (χ3n) is 4.95. The molecule has 0 bridgehead atoms. The van der Waals surface area contributed by atoms with Crippen LogP contribution < -0.4 is 4.90 Å². The molecule has 4 rings (SSSR count). The number of hydrogen-bond donors (Lipinski definition) is 2. The van der Waals surface area contributed by atoms with E-state index in [0.717, 1.165) is 16.6 Å². The highest BCUT2D eigenvalue weighted by Gasteiger charge is 2.31. The molecular weight excluding hydrogens is 333 g/mol. The highest BCUT2D eigenvalue weighted by Crippen LogP contribution is 2.27. The third-order valence-corrected chi connectivity index (χ3v) is 4.95. The first-order chi connectivity index (χ1) is 12.6. The molecule has 1 saturated heterocycles. The summed E-state index contributed by atoms with van der Waals surface area (Å²) in [5, 5.41) is 10.8. The molecule has 1 aliphatic heterocycles. The van der Waals surface area contributed by atoms with Crippen molar-refractivity contribution in [2.24, 2.45) is 0 Å². The van der Waals surface area contributed by atoms with Crippen molar-refractivity contribution in [3.05, 3.63) is 66.1 Å². The molecule has 0 radical (unpaired) electrons. The lowest BCUT2D eigenvalue weighted by molar-refractivity contribution is -0.143. The second-order valence-corrected chi connectivity index (χ2v) is 6.55. The predicted octanol–water partition coefficient (Wildman–Crippen LogP) is 3.25. The van der Waals surface area contributed by atoms with Gasteiger partial charge in [0.2, 0.25) is 0 Å². The number of benzene rings is 2. The summed E-state index contributed by atoms with van der Waals surface area (Å²) in [6.07, 6.45) is 0. The number of nitrogens with zero attached hydrogens (tertiary/aromatic N) is 2. The standard InChI is InChI=1S/C20H20FN3O2/c21-15-5-7-16(8-6-15)23-9-11-24(12-10-23)19(20(25)26)18-13-14-3-1-2-4-17(14)22-18/h1-8,13,19,22H,9-12H2,(H,25,26)/t19-/m0/s1. The monoisotopic (exact) mass is 353 g/mol. The molecule has 6 heteroatoms. The number of carboxylic acids is 1. The van der Waals surface area contributed by atoms with E-state index in [9.17, 15) is 14.3 Å². The molecular formula is C20H20FN3O2. The van der Waals surface area contributed by atoms with Gasteiger partial charge in [0.1, 0.15) is 11.9 Å². The molecule has 1 fully saturated rings. The molecule has 0 aliphatic carbocycles. The zero-order valence-corrected chi connectivity index (χ0v) is 14.2. The van der Waals surface area contributed by atoms with Crippen LogP contribution in [-0.4, -0.2) is 47.1 Å². The van der Waals surface area contributed by atoms with Crippen molar-refractivity contribution >= 4 is 22.6 Å². The van der Waals surface area contributed by atoms with Gasteiger partial charge in [-0.2, -0.15) is 0 Å². The van der Waals surface area contributed by atoms with E-state index in [1.807, 2.05) is 35.2 Å². The van der Waals surface area contributed by atoms with Crippen molar-refractivity contribution in [2.75, 3.05) is 31.1 Å². The molecule has 0 amide bonds. The molecule has 1 atom stereocenters. The van der Waals surface area contributed by atoms with Crippen molar-refractivity contribution in [1.29, 1.82) is 0 Å². The maximum atomic E-state index is 13.1. The van der Waals surface area contributed by atoms with Crippen LogP contribution in [0.3, 0.4) is 0 Å². The lowest BCUT2D eigenvalue weighted by Crippen LogP contribution is -2.49. The van der Waals surface area contributed by atoms with Gasteiger partial charge < -0.3 is 15.0 Å². The second kappa shape index (κ2) is 6.80. The van der Waals surface area contributed by atoms with Gasteiger partial charge in [-0.1, -0.05) is 18.2 Å². The Morgan fingerprint density at radius 1 is 1.04 bits per heavy atom. The summed E-state index contributed by atoms with van der Waals surface area (Å²) in [6, 6.07) is 15.4. The van der Waals surface area contributed by atoms with E-state index in [-0.39, 0.29) is 5.82 Å². The quantitative estimate of drug-likeness (QED) is 0.756. The zero-order chi connectivity index (χ0) is 18.1. The van der Waals surface area contributed by atoms with Crippen LogP contribution in [-0.2, 0) is 4.79 Å². The topological polar surface area (TPSA) is 59.6 Å². The molecule has 2 heterocycles. The maximum Gasteiger partial charge on any atom is 0.327 e. The summed E-state index contributed by atoms with van der Waals surface area (Å²) in [4.78, 5) is 19.3. The zero-order valence-electron chi connectivity index (χ0n) is 14.2. The average molecular weight is 353 g/mol. The summed E-state index contributed by atoms with van der Waals surface area (Å²) < 4.78 is 13.1. The van der Waals surface area contributed by atoms with Gasteiger partial charge in [0.05, 0.1) is 0 Å². The van der Waals surface area contributed by atoms with E-state index in [0.29, 0.717) is 31.9 Å². The Labute approximate surface area is 150 Å².